The smallest absolute Gasteiger partial charge is 0.255 e. The van der Waals surface area contributed by atoms with Crippen LogP contribution >= 0.6 is 11.8 Å². The Labute approximate surface area is 177 Å². The molecule has 1 amide bonds. The lowest BCUT2D eigenvalue weighted by Crippen LogP contribution is -2.11. The molecule has 2 heterocycles. The van der Waals surface area contributed by atoms with Gasteiger partial charge in [0.15, 0.2) is 0 Å². The molecule has 0 spiro atoms. The van der Waals surface area contributed by atoms with Crippen molar-refractivity contribution in [2.45, 2.75) is 36.6 Å². The number of fused-ring (bicyclic) bond motifs is 1. The largest absolute Gasteiger partial charge is 0.322 e. The number of halogens is 1. The molecule has 0 saturated heterocycles. The molecule has 4 rings (SSSR count). The van der Waals surface area contributed by atoms with E-state index in [1.807, 2.05) is 31.2 Å². The van der Waals surface area contributed by atoms with E-state index in [0.29, 0.717) is 17.0 Å². The van der Waals surface area contributed by atoms with Gasteiger partial charge >= 0.3 is 0 Å². The molecule has 8 heteroatoms. The van der Waals surface area contributed by atoms with Crippen LogP contribution in [-0.2, 0) is 6.42 Å². The minimum absolute atomic E-state index is 0.283. The highest BCUT2D eigenvalue weighted by molar-refractivity contribution is 7.99. The number of anilines is 1. The van der Waals surface area contributed by atoms with Crippen LogP contribution in [0.15, 0.2) is 64.8 Å². The molecule has 0 saturated carbocycles. The number of hydrogen-bond acceptors (Lipinski definition) is 5. The summed E-state index contributed by atoms with van der Waals surface area (Å²) in [6.07, 6.45) is 3.42. The maximum atomic E-state index is 13.0. The van der Waals surface area contributed by atoms with E-state index >= 15 is 0 Å². The molecule has 0 unspecified atom stereocenters. The monoisotopic (exact) mass is 421 g/mol. The summed E-state index contributed by atoms with van der Waals surface area (Å²) < 4.78 is 14.8. The second kappa shape index (κ2) is 8.62. The third-order valence-corrected chi connectivity index (χ3v) is 5.74. The van der Waals surface area contributed by atoms with Gasteiger partial charge in [-0.25, -0.2) is 9.37 Å². The van der Waals surface area contributed by atoms with Gasteiger partial charge in [0.25, 0.3) is 11.7 Å². The highest BCUT2D eigenvalue weighted by atomic mass is 32.2. The van der Waals surface area contributed by atoms with E-state index in [1.54, 1.807) is 16.3 Å². The fourth-order valence-corrected chi connectivity index (χ4v) is 4.20. The third kappa shape index (κ3) is 4.18. The summed E-state index contributed by atoms with van der Waals surface area (Å²) in [5.41, 5.74) is 3.19. The van der Waals surface area contributed by atoms with Gasteiger partial charge in [-0.15, -0.1) is 0 Å². The quantitative estimate of drug-likeness (QED) is 0.447. The van der Waals surface area contributed by atoms with Crippen LogP contribution in [0.5, 0.6) is 0 Å². The number of carbonyl (C=O) groups excluding carboxylic acids is 1. The number of nitrogens with one attached hydrogen (secondary N) is 1. The zero-order valence-corrected chi connectivity index (χ0v) is 17.4. The van der Waals surface area contributed by atoms with Crippen LogP contribution in [0.25, 0.3) is 5.78 Å². The Morgan fingerprint density at radius 3 is 2.57 bits per heavy atom. The van der Waals surface area contributed by atoms with Crippen molar-refractivity contribution < 1.29 is 9.18 Å². The molecule has 0 aliphatic rings. The van der Waals surface area contributed by atoms with Crippen LogP contribution in [0.2, 0.25) is 0 Å². The number of nitrogens with zero attached hydrogens (tertiary/aromatic N) is 4. The molecule has 6 nitrogen and oxygen atoms in total. The van der Waals surface area contributed by atoms with Crippen LogP contribution < -0.4 is 5.32 Å². The molecule has 0 radical (unpaired) electrons. The summed E-state index contributed by atoms with van der Waals surface area (Å²) >= 11 is 1.59. The van der Waals surface area contributed by atoms with Gasteiger partial charge in [-0.1, -0.05) is 25.1 Å². The number of hydrogen-bond donors (Lipinski definition) is 1. The number of aromatic nitrogens is 4. The standard InChI is InChI=1S/C22H20FN5OS/c1-3-4-19-14(2)26-22-24-13-25-28(22)21(19)30-18-11-9-17(10-12-18)27-20(29)15-5-7-16(23)8-6-15/h5-13H,3-4H2,1-2H3,(H,27,29). The lowest BCUT2D eigenvalue weighted by atomic mass is 10.1. The van der Waals surface area contributed by atoms with E-state index < -0.39 is 0 Å². The van der Waals surface area contributed by atoms with Crippen molar-refractivity contribution in [3.63, 3.8) is 0 Å². The van der Waals surface area contributed by atoms with Crippen molar-refractivity contribution in [3.05, 3.63) is 77.5 Å². The molecule has 152 valence electrons. The van der Waals surface area contributed by atoms with Gasteiger partial charge in [0.05, 0.1) is 0 Å². The van der Waals surface area contributed by atoms with Crippen LogP contribution in [0.1, 0.15) is 35.0 Å². The second-order valence-corrected chi connectivity index (χ2v) is 7.85. The minimum Gasteiger partial charge on any atom is -0.322 e. The maximum absolute atomic E-state index is 13.0. The van der Waals surface area contributed by atoms with E-state index in [9.17, 15) is 9.18 Å². The summed E-state index contributed by atoms with van der Waals surface area (Å²) in [4.78, 5) is 22.1. The Balaban J connectivity index is 1.55. The van der Waals surface area contributed by atoms with Gasteiger partial charge in [0, 0.05) is 27.4 Å². The van der Waals surface area contributed by atoms with Crippen molar-refractivity contribution in [2.75, 3.05) is 5.32 Å². The molecule has 4 aromatic rings. The first kappa shape index (κ1) is 20.0. The summed E-state index contributed by atoms with van der Waals surface area (Å²) in [5.74, 6) is -0.0732. The predicted octanol–water partition coefficient (Wildman–Crippen LogP) is 4.93. The summed E-state index contributed by atoms with van der Waals surface area (Å²) in [6, 6.07) is 13.0. The minimum atomic E-state index is -0.372. The average Bonchev–Trinajstić information content (AvgIpc) is 3.20. The maximum Gasteiger partial charge on any atom is 0.255 e. The first-order valence-electron chi connectivity index (χ1n) is 9.59. The van der Waals surface area contributed by atoms with E-state index in [4.69, 9.17) is 0 Å². The molecule has 0 atom stereocenters. The number of rotatable bonds is 6. The van der Waals surface area contributed by atoms with Crippen LogP contribution in [0.4, 0.5) is 10.1 Å². The predicted molar refractivity (Wildman–Crippen MR) is 114 cm³/mol. The zero-order valence-electron chi connectivity index (χ0n) is 16.6. The highest BCUT2D eigenvalue weighted by Crippen LogP contribution is 2.33. The molecule has 2 aromatic carbocycles. The van der Waals surface area contributed by atoms with E-state index in [-0.39, 0.29) is 11.7 Å². The van der Waals surface area contributed by atoms with Crippen molar-refractivity contribution in [3.8, 4) is 0 Å². The van der Waals surface area contributed by atoms with Crippen LogP contribution in [0.3, 0.4) is 0 Å². The van der Waals surface area contributed by atoms with E-state index in [1.165, 1.54) is 30.6 Å². The Morgan fingerprint density at radius 1 is 1.13 bits per heavy atom. The summed E-state index contributed by atoms with van der Waals surface area (Å²) in [6.45, 7) is 4.13. The number of aryl methyl sites for hydroxylation is 1. The van der Waals surface area contributed by atoms with Crippen LogP contribution in [0, 0.1) is 12.7 Å². The van der Waals surface area contributed by atoms with Crippen molar-refractivity contribution in [2.24, 2.45) is 0 Å². The zero-order chi connectivity index (χ0) is 21.1. The Kier molecular flexibility index (Phi) is 5.76. The van der Waals surface area contributed by atoms with Gasteiger partial charge in [0.2, 0.25) is 0 Å². The molecule has 0 fully saturated rings. The topological polar surface area (TPSA) is 72.2 Å². The van der Waals surface area contributed by atoms with Crippen molar-refractivity contribution in [1.29, 1.82) is 0 Å². The normalized spacial score (nSPS) is 11.0. The molecule has 0 aliphatic heterocycles. The van der Waals surface area contributed by atoms with Crippen LogP contribution in [-0.4, -0.2) is 25.5 Å². The number of carbonyl (C=O) groups is 1. The second-order valence-electron chi connectivity index (χ2n) is 6.79. The number of amides is 1. The lowest BCUT2D eigenvalue weighted by Gasteiger charge is -2.13. The van der Waals surface area contributed by atoms with E-state index in [2.05, 4.69) is 27.3 Å². The summed E-state index contributed by atoms with van der Waals surface area (Å²) in [7, 11) is 0. The Hall–Kier alpha value is -3.26. The highest BCUT2D eigenvalue weighted by Gasteiger charge is 2.15. The Bertz CT molecular complexity index is 1190. The molecule has 0 aliphatic carbocycles. The molecule has 30 heavy (non-hydrogen) atoms. The first-order chi connectivity index (χ1) is 14.5. The lowest BCUT2D eigenvalue weighted by molar-refractivity contribution is 0.102. The first-order valence-corrected chi connectivity index (χ1v) is 10.4. The average molecular weight is 422 g/mol. The SMILES string of the molecule is CCCc1c(C)nc2ncnn2c1Sc1ccc(NC(=O)c2ccc(F)cc2)cc1. The third-order valence-electron chi connectivity index (χ3n) is 4.62. The molecule has 2 aromatic heterocycles. The fourth-order valence-electron chi connectivity index (χ4n) is 3.12. The molecular formula is C22H20FN5OS. The van der Waals surface area contributed by atoms with Gasteiger partial charge in [-0.2, -0.15) is 14.6 Å². The van der Waals surface area contributed by atoms with E-state index in [0.717, 1.165) is 34.0 Å². The fraction of sp³-hybridized carbons (Fsp3) is 0.182. The summed E-state index contributed by atoms with van der Waals surface area (Å²) in [5, 5.41) is 8.16. The van der Waals surface area contributed by atoms with Gasteiger partial charge < -0.3 is 5.32 Å². The van der Waals surface area contributed by atoms with Crippen molar-refractivity contribution >= 4 is 29.1 Å². The molecular weight excluding hydrogens is 401 g/mol. The number of benzene rings is 2. The molecule has 0 bridgehead atoms. The van der Waals surface area contributed by atoms with Gasteiger partial charge in [0.1, 0.15) is 17.2 Å². The molecule has 1 N–H and O–H groups in total. The Morgan fingerprint density at radius 2 is 1.87 bits per heavy atom. The van der Waals surface area contributed by atoms with Gasteiger partial charge in [-0.3, -0.25) is 4.79 Å². The van der Waals surface area contributed by atoms with Crippen molar-refractivity contribution in [1.82, 2.24) is 19.6 Å². The van der Waals surface area contributed by atoms with Gasteiger partial charge in [-0.05, 0) is 61.9 Å².